The number of ether oxygens (including phenoxy) is 1. The van der Waals surface area contributed by atoms with Crippen LogP contribution < -0.4 is 0 Å². The summed E-state index contributed by atoms with van der Waals surface area (Å²) in [7, 11) is 0. The van der Waals surface area contributed by atoms with Crippen molar-refractivity contribution in [3.05, 3.63) is 12.2 Å². The van der Waals surface area contributed by atoms with Crippen molar-refractivity contribution in [3.8, 4) is 0 Å². The van der Waals surface area contributed by atoms with E-state index < -0.39 is 0 Å². The van der Waals surface area contributed by atoms with Crippen LogP contribution in [-0.2, 0) is 14.3 Å². The molecule has 0 aromatic heterocycles. The summed E-state index contributed by atoms with van der Waals surface area (Å²) in [5.41, 5.74) is 0. The molecule has 3 nitrogen and oxygen atoms in total. The summed E-state index contributed by atoms with van der Waals surface area (Å²) >= 11 is 0. The molecule has 3 heteroatoms. The fraction of sp³-hybridized carbons (Fsp3) is 0.778. The van der Waals surface area contributed by atoms with Gasteiger partial charge in [-0.15, -0.1) is 0 Å². The number of cyclic esters (lactones) is 2. The van der Waals surface area contributed by atoms with Crippen molar-refractivity contribution in [2.75, 3.05) is 0 Å². The van der Waals surface area contributed by atoms with Gasteiger partial charge in [0.05, 0.1) is 11.8 Å². The van der Waals surface area contributed by atoms with Crippen molar-refractivity contribution in [2.45, 2.75) is 53.4 Å². The maximum atomic E-state index is 11.9. The molecule has 5 atom stereocenters. The molecular formula is C18H28O3. The Morgan fingerprint density at radius 1 is 1.19 bits per heavy atom. The van der Waals surface area contributed by atoms with Crippen LogP contribution in [-0.4, -0.2) is 11.9 Å². The maximum absolute atomic E-state index is 11.9. The van der Waals surface area contributed by atoms with Crippen LogP contribution in [0.5, 0.6) is 0 Å². The number of allylic oxidation sites excluding steroid dienone is 2. The number of hydrogen-bond acceptors (Lipinski definition) is 3. The number of fused-ring (bicyclic) bond motifs is 1. The monoisotopic (exact) mass is 292 g/mol. The number of esters is 2. The number of carbonyl (C=O) groups excluding carboxylic acids is 2. The first kappa shape index (κ1) is 16.3. The highest BCUT2D eigenvalue weighted by Gasteiger charge is 2.55. The van der Waals surface area contributed by atoms with E-state index in [4.69, 9.17) is 4.74 Å². The van der Waals surface area contributed by atoms with Gasteiger partial charge in [0.15, 0.2) is 0 Å². The van der Waals surface area contributed by atoms with Crippen molar-refractivity contribution < 1.29 is 14.3 Å². The third kappa shape index (κ3) is 3.56. The van der Waals surface area contributed by atoms with Gasteiger partial charge in [-0.05, 0) is 42.9 Å². The molecule has 0 radical (unpaired) electrons. The van der Waals surface area contributed by atoms with Crippen LogP contribution in [0.25, 0.3) is 0 Å². The van der Waals surface area contributed by atoms with E-state index in [0.29, 0.717) is 11.8 Å². The fourth-order valence-electron chi connectivity index (χ4n) is 4.10. The standard InChI is InChI=1S/C18H28O3/c1-5-13-10-14(8-6-7-12(4)9-11(2)3)16-15(13)17(19)21-18(16)20/h6,8,11-16H,5,7,9-10H2,1-4H3/b8-6+/t12?,13-,14+,15+,16-/m0/s1. The Balaban J connectivity index is 1.97. The first-order valence-electron chi connectivity index (χ1n) is 8.36. The Morgan fingerprint density at radius 2 is 1.86 bits per heavy atom. The minimum absolute atomic E-state index is 0.185. The minimum atomic E-state index is -0.300. The second kappa shape index (κ2) is 6.76. The van der Waals surface area contributed by atoms with Gasteiger partial charge in [0.25, 0.3) is 0 Å². The molecule has 2 aliphatic rings. The minimum Gasteiger partial charge on any atom is -0.393 e. The van der Waals surface area contributed by atoms with Gasteiger partial charge in [-0.3, -0.25) is 9.59 Å². The van der Waals surface area contributed by atoms with Crippen molar-refractivity contribution >= 4 is 11.9 Å². The summed E-state index contributed by atoms with van der Waals surface area (Å²) in [6, 6.07) is 0. The zero-order chi connectivity index (χ0) is 15.6. The van der Waals surface area contributed by atoms with Crippen molar-refractivity contribution in [3.63, 3.8) is 0 Å². The van der Waals surface area contributed by atoms with Crippen LogP contribution in [0, 0.1) is 35.5 Å². The maximum Gasteiger partial charge on any atom is 0.318 e. The van der Waals surface area contributed by atoms with Gasteiger partial charge in [-0.1, -0.05) is 46.3 Å². The van der Waals surface area contributed by atoms with E-state index in [2.05, 4.69) is 39.8 Å². The van der Waals surface area contributed by atoms with Gasteiger partial charge in [0, 0.05) is 0 Å². The lowest BCUT2D eigenvalue weighted by Crippen LogP contribution is -2.19. The Kier molecular flexibility index (Phi) is 5.23. The van der Waals surface area contributed by atoms with E-state index in [0.717, 1.165) is 25.2 Å². The third-order valence-corrected chi connectivity index (χ3v) is 5.00. The topological polar surface area (TPSA) is 43.4 Å². The Morgan fingerprint density at radius 3 is 2.48 bits per heavy atom. The molecule has 1 saturated carbocycles. The highest BCUT2D eigenvalue weighted by Crippen LogP contribution is 2.48. The molecule has 2 fully saturated rings. The number of carbonyl (C=O) groups is 2. The SMILES string of the molecule is CC[C@H]1C[C@@H](/C=C/CC(C)CC(C)C)[C@@H]2C(=O)OC(=O)[C@H]12. The molecule has 0 bridgehead atoms. The van der Waals surface area contributed by atoms with Gasteiger partial charge >= 0.3 is 11.9 Å². The summed E-state index contributed by atoms with van der Waals surface area (Å²) < 4.78 is 4.86. The first-order chi connectivity index (χ1) is 9.93. The molecule has 21 heavy (non-hydrogen) atoms. The zero-order valence-corrected chi connectivity index (χ0v) is 13.7. The second-order valence-electron chi connectivity index (χ2n) is 7.26. The predicted octanol–water partition coefficient (Wildman–Crippen LogP) is 3.98. The molecule has 1 aliphatic heterocycles. The van der Waals surface area contributed by atoms with Crippen LogP contribution >= 0.6 is 0 Å². The van der Waals surface area contributed by atoms with Gasteiger partial charge in [0.1, 0.15) is 0 Å². The van der Waals surface area contributed by atoms with Gasteiger partial charge in [-0.2, -0.15) is 0 Å². The van der Waals surface area contributed by atoms with Crippen LogP contribution in [0.2, 0.25) is 0 Å². The molecule has 1 heterocycles. The van der Waals surface area contributed by atoms with Gasteiger partial charge in [0.2, 0.25) is 0 Å². The molecule has 118 valence electrons. The first-order valence-corrected chi connectivity index (χ1v) is 8.36. The Hall–Kier alpha value is -1.12. The van der Waals surface area contributed by atoms with Crippen LogP contribution in [0.4, 0.5) is 0 Å². The Bertz CT molecular complexity index is 424. The van der Waals surface area contributed by atoms with Crippen LogP contribution in [0.15, 0.2) is 12.2 Å². The second-order valence-corrected chi connectivity index (χ2v) is 7.26. The highest BCUT2D eigenvalue weighted by molar-refractivity contribution is 5.97. The average molecular weight is 292 g/mol. The van der Waals surface area contributed by atoms with Crippen molar-refractivity contribution in [1.29, 1.82) is 0 Å². The molecule has 1 saturated heterocycles. The summed E-state index contributed by atoms with van der Waals surface area (Å²) in [5, 5.41) is 0. The molecule has 1 unspecified atom stereocenters. The van der Waals surface area contributed by atoms with E-state index in [9.17, 15) is 9.59 Å². The molecule has 2 rings (SSSR count). The van der Waals surface area contributed by atoms with Crippen LogP contribution in [0.3, 0.4) is 0 Å². The molecule has 1 aliphatic carbocycles. The van der Waals surface area contributed by atoms with E-state index >= 15 is 0 Å². The molecule has 0 amide bonds. The number of hydrogen-bond donors (Lipinski definition) is 0. The fourth-order valence-corrected chi connectivity index (χ4v) is 4.10. The third-order valence-electron chi connectivity index (χ3n) is 5.00. The molecule has 0 aromatic rings. The van der Waals surface area contributed by atoms with Crippen molar-refractivity contribution in [2.24, 2.45) is 35.5 Å². The zero-order valence-electron chi connectivity index (χ0n) is 13.7. The van der Waals surface area contributed by atoms with E-state index in [-0.39, 0.29) is 29.7 Å². The van der Waals surface area contributed by atoms with Gasteiger partial charge < -0.3 is 4.74 Å². The van der Waals surface area contributed by atoms with E-state index in [1.165, 1.54) is 6.42 Å². The molecule has 0 spiro atoms. The van der Waals surface area contributed by atoms with Crippen LogP contribution in [0.1, 0.15) is 53.4 Å². The van der Waals surface area contributed by atoms with E-state index in [1.54, 1.807) is 0 Å². The predicted molar refractivity (Wildman–Crippen MR) is 82.3 cm³/mol. The van der Waals surface area contributed by atoms with Gasteiger partial charge in [-0.25, -0.2) is 0 Å². The summed E-state index contributed by atoms with van der Waals surface area (Å²) in [4.78, 5) is 23.7. The lowest BCUT2D eigenvalue weighted by Gasteiger charge is -2.13. The summed E-state index contributed by atoms with van der Waals surface area (Å²) in [6.45, 7) is 8.85. The molecule has 0 aromatic carbocycles. The largest absolute Gasteiger partial charge is 0.393 e. The van der Waals surface area contributed by atoms with E-state index in [1.807, 2.05) is 0 Å². The van der Waals surface area contributed by atoms with Crippen molar-refractivity contribution in [1.82, 2.24) is 0 Å². The summed E-state index contributed by atoms with van der Waals surface area (Å²) in [6.07, 6.45) is 8.54. The molecular weight excluding hydrogens is 264 g/mol. The quantitative estimate of drug-likeness (QED) is 0.422. The lowest BCUT2D eigenvalue weighted by atomic mass is 9.88. The summed E-state index contributed by atoms with van der Waals surface area (Å²) in [5.74, 6) is 0.867. The highest BCUT2D eigenvalue weighted by atomic mass is 16.6. The average Bonchev–Trinajstić information content (AvgIpc) is 2.89. The number of rotatable bonds is 6. The normalized spacial score (nSPS) is 33.8. The Labute approximate surface area is 128 Å². The molecule has 0 N–H and O–H groups in total. The lowest BCUT2D eigenvalue weighted by molar-refractivity contribution is -0.154. The smallest absolute Gasteiger partial charge is 0.318 e.